The number of allylic oxidation sites excluding steroid dienone is 2. The highest BCUT2D eigenvalue weighted by Crippen LogP contribution is 2.13. The van der Waals surface area contributed by atoms with Gasteiger partial charge in [0.25, 0.3) is 11.5 Å². The molecule has 0 aromatic carbocycles. The van der Waals surface area contributed by atoms with Gasteiger partial charge in [0.05, 0.1) is 7.11 Å². The van der Waals surface area contributed by atoms with E-state index in [-0.39, 0.29) is 34.7 Å². The van der Waals surface area contributed by atoms with Crippen LogP contribution in [0.3, 0.4) is 0 Å². The molecule has 0 aliphatic heterocycles. The molecule has 0 aliphatic rings. The van der Waals surface area contributed by atoms with E-state index in [1.807, 2.05) is 0 Å². The van der Waals surface area contributed by atoms with Gasteiger partial charge in [-0.15, -0.1) is 0 Å². The molecule has 1 heterocycles. The Balaban J connectivity index is 3.03. The second-order valence-corrected chi connectivity index (χ2v) is 6.81. The number of carbonyl (C=O) groups excluding carboxylic acids is 3. The number of anilines is 1. The third kappa shape index (κ3) is 7.41. The molecule has 1 atom stereocenters. The average molecular weight is 438 g/mol. The average Bonchev–Trinajstić information content (AvgIpc) is 2.71. The molecule has 30 heavy (non-hydrogen) atoms. The van der Waals surface area contributed by atoms with Gasteiger partial charge in [-0.3, -0.25) is 19.5 Å². The van der Waals surface area contributed by atoms with Crippen molar-refractivity contribution in [2.24, 2.45) is 10.9 Å². The van der Waals surface area contributed by atoms with Crippen molar-refractivity contribution in [1.29, 1.82) is 0 Å². The zero-order valence-electron chi connectivity index (χ0n) is 17.1. The number of hydrogen-bond donors (Lipinski definition) is 4. The van der Waals surface area contributed by atoms with Gasteiger partial charge in [0, 0.05) is 24.5 Å². The Labute approximate surface area is 178 Å². The van der Waals surface area contributed by atoms with E-state index in [0.29, 0.717) is 18.5 Å². The summed E-state index contributed by atoms with van der Waals surface area (Å²) in [5, 5.41) is 10.6. The quantitative estimate of drug-likeness (QED) is 0.235. The highest BCUT2D eigenvalue weighted by molar-refractivity contribution is 8.01. The van der Waals surface area contributed by atoms with E-state index in [2.05, 4.69) is 15.4 Å². The number of pyridine rings is 1. The first-order valence-electron chi connectivity index (χ1n) is 9.13. The van der Waals surface area contributed by atoms with Crippen molar-refractivity contribution in [3.63, 3.8) is 0 Å². The summed E-state index contributed by atoms with van der Waals surface area (Å²) in [6, 6.07) is 2.11. The van der Waals surface area contributed by atoms with Crippen molar-refractivity contribution in [1.82, 2.24) is 9.88 Å². The molecule has 11 heteroatoms. The van der Waals surface area contributed by atoms with Crippen LogP contribution in [0.15, 0.2) is 45.9 Å². The molecule has 0 aliphatic carbocycles. The van der Waals surface area contributed by atoms with Gasteiger partial charge in [-0.2, -0.15) is 0 Å². The summed E-state index contributed by atoms with van der Waals surface area (Å²) in [5.41, 5.74) is 5.59. The van der Waals surface area contributed by atoms with E-state index in [1.165, 1.54) is 36.8 Å². The summed E-state index contributed by atoms with van der Waals surface area (Å²) in [5.74, 6) is -1.73. The molecular weight excluding hydrogens is 410 g/mol. The van der Waals surface area contributed by atoms with E-state index in [0.717, 1.165) is 0 Å². The lowest BCUT2D eigenvalue weighted by atomic mass is 10.1. The van der Waals surface area contributed by atoms with Crippen LogP contribution < -0.4 is 27.1 Å². The van der Waals surface area contributed by atoms with E-state index in [1.54, 1.807) is 19.2 Å². The van der Waals surface area contributed by atoms with E-state index in [9.17, 15) is 19.2 Å². The molecule has 2 amide bonds. The van der Waals surface area contributed by atoms with Crippen molar-refractivity contribution in [2.45, 2.75) is 39.3 Å². The van der Waals surface area contributed by atoms with Crippen LogP contribution in [-0.4, -0.2) is 35.5 Å². The fourth-order valence-corrected chi connectivity index (χ4v) is 2.78. The van der Waals surface area contributed by atoms with E-state index < -0.39 is 23.8 Å². The molecule has 1 aromatic heterocycles. The van der Waals surface area contributed by atoms with Crippen molar-refractivity contribution in [2.75, 3.05) is 12.4 Å². The topological polar surface area (TPSA) is 159 Å². The minimum Gasteiger partial charge on any atom is -0.466 e. The van der Waals surface area contributed by atoms with Crippen LogP contribution in [0.25, 0.3) is 0 Å². The van der Waals surface area contributed by atoms with E-state index >= 15 is 0 Å². The molecule has 1 rings (SSSR count). The molecule has 0 spiro atoms. The Hall–Kier alpha value is -3.05. The molecule has 0 radical (unpaired) electrons. The lowest BCUT2D eigenvalue weighted by Crippen LogP contribution is -2.45. The largest absolute Gasteiger partial charge is 0.466 e. The molecule has 0 saturated carbocycles. The number of nitrogens with two attached hydrogens (primary N) is 2. The van der Waals surface area contributed by atoms with Crippen molar-refractivity contribution < 1.29 is 19.1 Å². The number of carbonyl (C=O) groups is 3. The molecule has 0 fully saturated rings. The van der Waals surface area contributed by atoms with Crippen LogP contribution in [-0.2, 0) is 25.7 Å². The number of amides is 2. The Morgan fingerprint density at radius 2 is 2.07 bits per heavy atom. The van der Waals surface area contributed by atoms with Gasteiger partial charge >= 0.3 is 5.97 Å². The Morgan fingerprint density at radius 1 is 1.37 bits per heavy atom. The van der Waals surface area contributed by atoms with Crippen molar-refractivity contribution in [3.05, 3.63) is 51.4 Å². The fraction of sp³-hybridized carbons (Fsp3) is 0.368. The van der Waals surface area contributed by atoms with Gasteiger partial charge in [-0.1, -0.05) is 6.08 Å². The highest BCUT2D eigenvalue weighted by atomic mass is 32.2. The van der Waals surface area contributed by atoms with Gasteiger partial charge in [-0.25, -0.2) is 4.79 Å². The number of hydrogen-bond acceptors (Lipinski definition) is 8. The fourth-order valence-electron chi connectivity index (χ4n) is 2.43. The second kappa shape index (κ2) is 12.5. The monoisotopic (exact) mass is 437 g/mol. The van der Waals surface area contributed by atoms with Crippen LogP contribution in [0.1, 0.15) is 26.7 Å². The van der Waals surface area contributed by atoms with Crippen LogP contribution in [0.2, 0.25) is 0 Å². The predicted molar refractivity (Wildman–Crippen MR) is 116 cm³/mol. The van der Waals surface area contributed by atoms with Crippen LogP contribution >= 0.6 is 11.9 Å². The number of rotatable bonds is 10. The summed E-state index contributed by atoms with van der Waals surface area (Å²) in [4.78, 5) is 48.8. The number of aromatic nitrogens is 1. The summed E-state index contributed by atoms with van der Waals surface area (Å²) in [7, 11) is 1.25. The molecular formula is C19H27N5O5S. The smallest absolute Gasteiger partial charge is 0.330 e. The molecule has 10 nitrogen and oxygen atoms in total. The maximum Gasteiger partial charge on any atom is 0.330 e. The first-order valence-corrected chi connectivity index (χ1v) is 10.0. The molecule has 1 aromatic rings. The first-order chi connectivity index (χ1) is 14.2. The molecule has 6 N–H and O–H groups in total. The van der Waals surface area contributed by atoms with Crippen molar-refractivity contribution in [3.8, 4) is 0 Å². The minimum absolute atomic E-state index is 0.0750. The summed E-state index contributed by atoms with van der Waals surface area (Å²) < 4.78 is 5.94. The third-order valence-electron chi connectivity index (χ3n) is 4.00. The standard InChI is InChI=1S/C19H27N5O5S/c1-4-24-11-7-9-14(19(24)28)23-17(26)13(8-5-6-10-15(25)29-3)22-18(27)16(30-21)12(2)20/h6-7,9-11,13H,4-5,8,20-21H2,1-3H3,(H,22,27)(H,23,26)/b10-6+,16-12-. The predicted octanol–water partition coefficient (Wildman–Crippen LogP) is 0.598. The van der Waals surface area contributed by atoms with Gasteiger partial charge in [0.15, 0.2) is 0 Å². The number of esters is 1. The first kappa shape index (κ1) is 25.0. The van der Waals surface area contributed by atoms with Gasteiger partial charge in [0.2, 0.25) is 5.91 Å². The summed E-state index contributed by atoms with van der Waals surface area (Å²) >= 11 is 0.669. The number of nitrogens with one attached hydrogen (secondary N) is 2. The van der Waals surface area contributed by atoms with Gasteiger partial charge in [0.1, 0.15) is 16.6 Å². The zero-order valence-corrected chi connectivity index (χ0v) is 18.0. The van der Waals surface area contributed by atoms with Crippen LogP contribution in [0.5, 0.6) is 0 Å². The lowest BCUT2D eigenvalue weighted by molar-refractivity contribution is -0.134. The number of aryl methyl sites for hydroxylation is 1. The maximum absolute atomic E-state index is 12.8. The van der Waals surface area contributed by atoms with Gasteiger partial charge < -0.3 is 25.7 Å². The molecule has 1 unspecified atom stereocenters. The van der Waals surface area contributed by atoms with Crippen molar-refractivity contribution >= 4 is 35.4 Å². The molecule has 164 valence electrons. The highest BCUT2D eigenvalue weighted by Gasteiger charge is 2.23. The summed E-state index contributed by atoms with van der Waals surface area (Å²) in [6.45, 7) is 3.76. The Morgan fingerprint density at radius 3 is 2.63 bits per heavy atom. The zero-order chi connectivity index (χ0) is 22.7. The summed E-state index contributed by atoms with van der Waals surface area (Å²) in [6.07, 6.45) is 4.80. The third-order valence-corrected chi connectivity index (χ3v) is 4.74. The minimum atomic E-state index is -1.00. The Kier molecular flexibility index (Phi) is 10.4. The SMILES string of the molecule is CCn1cccc(NC(=O)C(CC/C=C/C(=O)OC)NC(=O)/C(SN)=C(\C)N)c1=O. The van der Waals surface area contributed by atoms with Gasteiger partial charge in [-0.05, 0) is 50.8 Å². The van der Waals surface area contributed by atoms with Crippen LogP contribution in [0, 0.1) is 0 Å². The van der Waals surface area contributed by atoms with Crippen LogP contribution in [0.4, 0.5) is 5.69 Å². The maximum atomic E-state index is 12.8. The molecule has 0 bridgehead atoms. The number of nitrogens with zero attached hydrogens (tertiary/aromatic N) is 1. The van der Waals surface area contributed by atoms with E-state index in [4.69, 9.17) is 10.9 Å². The number of ether oxygens (including phenoxy) is 1. The number of methoxy groups -OCH3 is 1. The second-order valence-electron chi connectivity index (χ2n) is 6.16. The lowest BCUT2D eigenvalue weighted by Gasteiger charge is -2.19. The normalized spacial score (nSPS) is 12.8. The molecule has 0 saturated heterocycles. The Bertz CT molecular complexity index is 890.